The van der Waals surface area contributed by atoms with Crippen molar-refractivity contribution in [2.45, 2.75) is 19.4 Å². The highest BCUT2D eigenvalue weighted by atomic mass is 16.5. The second kappa shape index (κ2) is 6.75. The zero-order chi connectivity index (χ0) is 14.4. The summed E-state index contributed by atoms with van der Waals surface area (Å²) in [4.78, 5) is 4.06. The minimum atomic E-state index is 0.0481. The molecule has 0 saturated heterocycles. The number of amidine groups is 1. The number of ether oxygens (including phenoxy) is 1. The summed E-state index contributed by atoms with van der Waals surface area (Å²) in [6.45, 7) is 2.58. The molecule has 1 unspecified atom stereocenters. The Morgan fingerprint density at radius 2 is 1.75 bits per heavy atom. The summed E-state index contributed by atoms with van der Waals surface area (Å²) in [5.41, 5.74) is 8.13. The molecule has 2 N–H and O–H groups in total. The molecule has 0 radical (unpaired) electrons. The molecule has 0 aliphatic carbocycles. The van der Waals surface area contributed by atoms with Crippen LogP contribution in [0.3, 0.4) is 0 Å². The predicted octanol–water partition coefficient (Wildman–Crippen LogP) is 3.36. The van der Waals surface area contributed by atoms with Crippen molar-refractivity contribution in [2.24, 2.45) is 10.7 Å². The fourth-order valence-electron chi connectivity index (χ4n) is 2.06. The number of aliphatic imine (C=N–C) groups is 1. The van der Waals surface area contributed by atoms with E-state index in [2.05, 4.69) is 4.99 Å². The molecule has 1 atom stereocenters. The van der Waals surface area contributed by atoms with Crippen LogP contribution in [0.25, 0.3) is 0 Å². The molecule has 0 spiro atoms. The third-order valence-electron chi connectivity index (χ3n) is 3.32. The normalized spacial score (nSPS) is 13.0. The maximum Gasteiger partial charge on any atom is 0.123 e. The van der Waals surface area contributed by atoms with Gasteiger partial charge in [0.05, 0.1) is 0 Å². The first-order chi connectivity index (χ1) is 9.72. The second-order valence-electron chi connectivity index (χ2n) is 4.68. The van der Waals surface area contributed by atoms with Gasteiger partial charge in [0.1, 0.15) is 18.2 Å². The molecule has 0 aliphatic heterocycles. The van der Waals surface area contributed by atoms with E-state index in [-0.39, 0.29) is 5.92 Å². The van der Waals surface area contributed by atoms with Gasteiger partial charge >= 0.3 is 0 Å². The van der Waals surface area contributed by atoms with E-state index < -0.39 is 0 Å². The highest BCUT2D eigenvalue weighted by Crippen LogP contribution is 2.27. The maximum atomic E-state index is 5.93. The van der Waals surface area contributed by atoms with Gasteiger partial charge in [0, 0.05) is 18.5 Å². The van der Waals surface area contributed by atoms with Crippen molar-refractivity contribution in [3.63, 3.8) is 0 Å². The smallest absolute Gasteiger partial charge is 0.123 e. The van der Waals surface area contributed by atoms with Crippen molar-refractivity contribution in [3.8, 4) is 5.75 Å². The van der Waals surface area contributed by atoms with Crippen molar-refractivity contribution in [2.75, 3.05) is 7.05 Å². The van der Waals surface area contributed by atoms with Gasteiger partial charge in [0.2, 0.25) is 0 Å². The fraction of sp³-hybridized carbons (Fsp3) is 0.235. The van der Waals surface area contributed by atoms with E-state index in [0.717, 1.165) is 16.9 Å². The van der Waals surface area contributed by atoms with Gasteiger partial charge < -0.3 is 10.5 Å². The molecule has 3 nitrogen and oxygen atoms in total. The summed E-state index contributed by atoms with van der Waals surface area (Å²) in [7, 11) is 1.71. The van der Waals surface area contributed by atoms with Gasteiger partial charge in [-0.05, 0) is 11.6 Å². The van der Waals surface area contributed by atoms with Crippen molar-refractivity contribution in [3.05, 3.63) is 65.7 Å². The first-order valence-electron chi connectivity index (χ1n) is 6.70. The quantitative estimate of drug-likeness (QED) is 0.667. The summed E-state index contributed by atoms with van der Waals surface area (Å²) in [6, 6.07) is 18.1. The van der Waals surface area contributed by atoms with Crippen LogP contribution in [-0.4, -0.2) is 12.9 Å². The Labute approximate surface area is 120 Å². The first-order valence-corrected chi connectivity index (χ1v) is 6.70. The Morgan fingerprint density at radius 1 is 1.10 bits per heavy atom. The van der Waals surface area contributed by atoms with Crippen molar-refractivity contribution in [1.82, 2.24) is 0 Å². The van der Waals surface area contributed by atoms with Crippen LogP contribution in [0.5, 0.6) is 5.75 Å². The van der Waals surface area contributed by atoms with Crippen LogP contribution >= 0.6 is 0 Å². The number of hydrogen-bond donors (Lipinski definition) is 1. The number of rotatable bonds is 5. The second-order valence-corrected chi connectivity index (χ2v) is 4.68. The van der Waals surface area contributed by atoms with E-state index in [1.165, 1.54) is 0 Å². The van der Waals surface area contributed by atoms with Crippen LogP contribution in [0, 0.1) is 0 Å². The SMILES string of the molecule is CN=C(N)C(C)c1ccccc1OCc1ccccc1. The maximum absolute atomic E-state index is 5.93. The Bertz CT molecular complexity index is 579. The molecule has 3 heteroatoms. The molecule has 0 amide bonds. The standard InChI is InChI=1S/C17H20N2O/c1-13(17(18)19-2)15-10-6-7-11-16(15)20-12-14-8-4-3-5-9-14/h3-11,13H,12H2,1-2H3,(H2,18,19). The van der Waals surface area contributed by atoms with E-state index in [0.29, 0.717) is 12.4 Å². The van der Waals surface area contributed by atoms with Gasteiger partial charge in [0.25, 0.3) is 0 Å². The van der Waals surface area contributed by atoms with E-state index in [1.807, 2.05) is 61.5 Å². The topological polar surface area (TPSA) is 47.6 Å². The molecule has 20 heavy (non-hydrogen) atoms. The summed E-state index contributed by atoms with van der Waals surface area (Å²) >= 11 is 0. The summed E-state index contributed by atoms with van der Waals surface area (Å²) < 4.78 is 5.93. The van der Waals surface area contributed by atoms with Crippen LogP contribution in [-0.2, 0) is 6.61 Å². The van der Waals surface area contributed by atoms with E-state index in [1.54, 1.807) is 7.05 Å². The zero-order valence-electron chi connectivity index (χ0n) is 11.9. The average molecular weight is 268 g/mol. The molecule has 0 heterocycles. The van der Waals surface area contributed by atoms with Gasteiger partial charge in [-0.1, -0.05) is 55.5 Å². The number of nitrogens with zero attached hydrogens (tertiary/aromatic N) is 1. The molecule has 2 aromatic rings. The van der Waals surface area contributed by atoms with Crippen LogP contribution in [0.4, 0.5) is 0 Å². The Kier molecular flexibility index (Phi) is 4.77. The molecule has 0 bridgehead atoms. The summed E-state index contributed by atoms with van der Waals surface area (Å²) in [5, 5.41) is 0. The van der Waals surface area contributed by atoms with Gasteiger partial charge in [-0.2, -0.15) is 0 Å². The lowest BCUT2D eigenvalue weighted by atomic mass is 9.99. The molecule has 104 valence electrons. The van der Waals surface area contributed by atoms with Crippen LogP contribution < -0.4 is 10.5 Å². The lowest BCUT2D eigenvalue weighted by Gasteiger charge is -2.16. The molecule has 0 aliphatic rings. The number of hydrogen-bond acceptors (Lipinski definition) is 2. The predicted molar refractivity (Wildman–Crippen MR) is 83.2 cm³/mol. The minimum Gasteiger partial charge on any atom is -0.489 e. The number of benzene rings is 2. The van der Waals surface area contributed by atoms with Crippen molar-refractivity contribution < 1.29 is 4.74 Å². The van der Waals surface area contributed by atoms with E-state index in [4.69, 9.17) is 10.5 Å². The molecular formula is C17H20N2O. The summed E-state index contributed by atoms with van der Waals surface area (Å²) in [5.74, 6) is 1.52. The number of nitrogens with two attached hydrogens (primary N) is 1. The molecule has 2 aromatic carbocycles. The molecule has 0 fully saturated rings. The Morgan fingerprint density at radius 3 is 2.45 bits per heavy atom. The average Bonchev–Trinajstić information content (AvgIpc) is 2.52. The van der Waals surface area contributed by atoms with E-state index >= 15 is 0 Å². The van der Waals surface area contributed by atoms with Gasteiger partial charge in [0.15, 0.2) is 0 Å². The molecular weight excluding hydrogens is 248 g/mol. The highest BCUT2D eigenvalue weighted by molar-refractivity contribution is 5.87. The van der Waals surface area contributed by atoms with Gasteiger partial charge in [-0.25, -0.2) is 0 Å². The zero-order valence-corrected chi connectivity index (χ0v) is 11.9. The molecule has 0 aromatic heterocycles. The Balaban J connectivity index is 2.16. The monoisotopic (exact) mass is 268 g/mol. The third-order valence-corrected chi connectivity index (χ3v) is 3.32. The lowest BCUT2D eigenvalue weighted by Crippen LogP contribution is -2.20. The van der Waals surface area contributed by atoms with Gasteiger partial charge in [-0.15, -0.1) is 0 Å². The van der Waals surface area contributed by atoms with Crippen LogP contribution in [0.2, 0.25) is 0 Å². The first kappa shape index (κ1) is 14.1. The highest BCUT2D eigenvalue weighted by Gasteiger charge is 2.14. The molecule has 2 rings (SSSR count). The third kappa shape index (κ3) is 3.38. The minimum absolute atomic E-state index is 0.0481. The van der Waals surface area contributed by atoms with E-state index in [9.17, 15) is 0 Å². The Hall–Kier alpha value is -2.29. The largest absolute Gasteiger partial charge is 0.489 e. The lowest BCUT2D eigenvalue weighted by molar-refractivity contribution is 0.302. The fourth-order valence-corrected chi connectivity index (χ4v) is 2.06. The molecule has 0 saturated carbocycles. The van der Waals surface area contributed by atoms with Crippen LogP contribution in [0.1, 0.15) is 24.0 Å². The van der Waals surface area contributed by atoms with Crippen LogP contribution in [0.15, 0.2) is 59.6 Å². The summed E-state index contributed by atoms with van der Waals surface area (Å²) in [6.07, 6.45) is 0. The van der Waals surface area contributed by atoms with Crippen molar-refractivity contribution >= 4 is 5.84 Å². The number of para-hydroxylation sites is 1. The van der Waals surface area contributed by atoms with Crippen molar-refractivity contribution in [1.29, 1.82) is 0 Å². The van der Waals surface area contributed by atoms with Gasteiger partial charge in [-0.3, -0.25) is 4.99 Å².